The fraction of sp³-hybridized carbons (Fsp3) is 0.250. The van der Waals surface area contributed by atoms with Crippen molar-refractivity contribution in [3.8, 4) is 11.8 Å². The Labute approximate surface area is 128 Å². The lowest BCUT2D eigenvalue weighted by Gasteiger charge is -2.07. The number of ether oxygens (including phenoxy) is 2. The molecule has 1 aromatic carbocycles. The lowest BCUT2D eigenvalue weighted by molar-refractivity contribution is -0.139. The van der Waals surface area contributed by atoms with Gasteiger partial charge in [0.2, 0.25) is 6.54 Å². The minimum atomic E-state index is -0.789. The highest BCUT2D eigenvalue weighted by molar-refractivity contribution is 6.19. The van der Waals surface area contributed by atoms with Gasteiger partial charge in [-0.15, -0.1) is 0 Å². The second-order valence-corrected chi connectivity index (χ2v) is 4.20. The maximum absolute atomic E-state index is 11.9. The van der Waals surface area contributed by atoms with Crippen molar-refractivity contribution in [2.24, 2.45) is 0 Å². The van der Waals surface area contributed by atoms with E-state index >= 15 is 0 Å². The maximum atomic E-state index is 11.9. The summed E-state index contributed by atoms with van der Waals surface area (Å²) in [5, 5.41) is 8.85. The van der Waals surface area contributed by atoms with Crippen molar-refractivity contribution < 1.29 is 19.1 Å². The molecule has 0 radical (unpaired) electrons. The molecule has 112 valence electrons. The molecule has 0 atom stereocenters. The average Bonchev–Trinajstić information content (AvgIpc) is 2.52. The van der Waals surface area contributed by atoms with Crippen LogP contribution in [0, 0.1) is 17.9 Å². The zero-order chi connectivity index (χ0) is 16.5. The van der Waals surface area contributed by atoms with E-state index in [4.69, 9.17) is 21.3 Å². The summed E-state index contributed by atoms with van der Waals surface area (Å²) in [6, 6.07) is 6.61. The van der Waals surface area contributed by atoms with Crippen LogP contribution in [0.2, 0.25) is 0 Å². The first-order valence-electron chi connectivity index (χ1n) is 6.34. The van der Waals surface area contributed by atoms with E-state index in [1.54, 1.807) is 12.1 Å². The number of carbonyl (C=O) groups is 2. The molecule has 0 aliphatic carbocycles. The summed E-state index contributed by atoms with van der Waals surface area (Å²) in [6.07, 6.45) is 1.35. The Hall–Kier alpha value is -3.12. The third kappa shape index (κ3) is 4.46. The average molecular weight is 298 g/mol. The van der Waals surface area contributed by atoms with Crippen molar-refractivity contribution in [3.05, 3.63) is 46.3 Å². The van der Waals surface area contributed by atoms with Crippen molar-refractivity contribution >= 4 is 17.8 Å². The van der Waals surface area contributed by atoms with Crippen LogP contribution in [0.5, 0.6) is 5.75 Å². The Balaban J connectivity index is 3.14. The van der Waals surface area contributed by atoms with Crippen molar-refractivity contribution in [3.63, 3.8) is 0 Å². The molecule has 22 heavy (non-hydrogen) atoms. The fourth-order valence-corrected chi connectivity index (χ4v) is 1.62. The van der Waals surface area contributed by atoms with E-state index in [1.165, 1.54) is 26.2 Å². The number of esters is 1. The third-order valence-electron chi connectivity index (χ3n) is 2.70. The van der Waals surface area contributed by atoms with Gasteiger partial charge in [0.1, 0.15) is 11.3 Å². The van der Waals surface area contributed by atoms with Gasteiger partial charge >= 0.3 is 5.97 Å². The van der Waals surface area contributed by atoms with Gasteiger partial charge in [-0.05, 0) is 31.2 Å². The molecule has 0 heterocycles. The first-order valence-corrected chi connectivity index (χ1v) is 6.34. The molecule has 0 amide bonds. The smallest absolute Gasteiger partial charge is 0.342 e. The SMILES string of the molecule is [C-]#[N+]CCOC(=O)C(=Cc1ccc(C#N)cc1OC)C(C)=O. The Kier molecular flexibility index (Phi) is 6.33. The Morgan fingerprint density at radius 3 is 2.73 bits per heavy atom. The van der Waals surface area contributed by atoms with E-state index in [1.807, 2.05) is 6.07 Å². The van der Waals surface area contributed by atoms with Gasteiger partial charge in [-0.2, -0.15) is 5.26 Å². The van der Waals surface area contributed by atoms with Crippen LogP contribution in [-0.4, -0.2) is 32.0 Å². The van der Waals surface area contributed by atoms with E-state index in [0.717, 1.165) is 0 Å². The van der Waals surface area contributed by atoms with Crippen molar-refractivity contribution in [2.45, 2.75) is 6.92 Å². The Morgan fingerprint density at radius 1 is 1.45 bits per heavy atom. The van der Waals surface area contributed by atoms with Crippen molar-refractivity contribution in [1.29, 1.82) is 5.26 Å². The van der Waals surface area contributed by atoms with E-state index in [0.29, 0.717) is 16.9 Å². The van der Waals surface area contributed by atoms with Gasteiger partial charge in [0.05, 0.1) is 18.7 Å². The molecule has 0 saturated heterocycles. The number of rotatable bonds is 6. The lowest BCUT2D eigenvalue weighted by Crippen LogP contribution is -2.15. The molecular formula is C16H14N2O4. The molecule has 6 nitrogen and oxygen atoms in total. The number of methoxy groups -OCH3 is 1. The molecule has 6 heteroatoms. The topological polar surface area (TPSA) is 80.8 Å². The molecule has 0 saturated carbocycles. The second-order valence-electron chi connectivity index (χ2n) is 4.20. The van der Waals surface area contributed by atoms with Gasteiger partial charge in [0, 0.05) is 5.56 Å². The number of hydrogen-bond donors (Lipinski definition) is 0. The van der Waals surface area contributed by atoms with Crippen LogP contribution < -0.4 is 4.74 Å². The molecule has 0 aliphatic heterocycles. The van der Waals surface area contributed by atoms with Crippen LogP contribution in [0.4, 0.5) is 0 Å². The molecule has 0 unspecified atom stereocenters. The quantitative estimate of drug-likeness (QED) is 0.200. The van der Waals surface area contributed by atoms with Crippen LogP contribution in [0.1, 0.15) is 18.1 Å². The first-order chi connectivity index (χ1) is 10.5. The summed E-state index contributed by atoms with van der Waals surface area (Å²) in [6.45, 7) is 7.83. The molecule has 0 bridgehead atoms. The van der Waals surface area contributed by atoms with E-state index in [2.05, 4.69) is 4.85 Å². The molecule has 0 spiro atoms. The highest BCUT2D eigenvalue weighted by atomic mass is 16.5. The van der Waals surface area contributed by atoms with Crippen LogP contribution in [-0.2, 0) is 14.3 Å². The van der Waals surface area contributed by atoms with Gasteiger partial charge < -0.3 is 14.3 Å². The number of carbonyl (C=O) groups excluding carboxylic acids is 2. The van der Waals surface area contributed by atoms with Gasteiger partial charge in [-0.3, -0.25) is 4.79 Å². The molecule has 0 N–H and O–H groups in total. The Morgan fingerprint density at radius 2 is 2.18 bits per heavy atom. The minimum Gasteiger partial charge on any atom is -0.496 e. The molecular weight excluding hydrogens is 284 g/mol. The number of nitrogens with zero attached hydrogens (tertiary/aromatic N) is 2. The van der Waals surface area contributed by atoms with Gasteiger partial charge in [0.25, 0.3) is 0 Å². The summed E-state index contributed by atoms with van der Waals surface area (Å²) >= 11 is 0. The molecule has 0 aromatic heterocycles. The molecule has 0 aliphatic rings. The third-order valence-corrected chi connectivity index (χ3v) is 2.70. The summed E-state index contributed by atoms with van der Waals surface area (Å²) in [4.78, 5) is 26.6. The van der Waals surface area contributed by atoms with Gasteiger partial charge in [0.15, 0.2) is 12.4 Å². The zero-order valence-electron chi connectivity index (χ0n) is 12.3. The highest BCUT2D eigenvalue weighted by Gasteiger charge is 2.17. The summed E-state index contributed by atoms with van der Waals surface area (Å²) in [7, 11) is 1.43. The van der Waals surface area contributed by atoms with Crippen LogP contribution >= 0.6 is 0 Å². The number of hydrogen-bond acceptors (Lipinski definition) is 5. The number of benzene rings is 1. The molecule has 1 rings (SSSR count). The van der Waals surface area contributed by atoms with Gasteiger partial charge in [-0.25, -0.2) is 11.4 Å². The van der Waals surface area contributed by atoms with Crippen LogP contribution in [0.15, 0.2) is 23.8 Å². The zero-order valence-corrected chi connectivity index (χ0v) is 12.3. The summed E-state index contributed by atoms with van der Waals surface area (Å²) in [5.41, 5.74) is 0.736. The monoisotopic (exact) mass is 298 g/mol. The second kappa shape index (κ2) is 8.23. The lowest BCUT2D eigenvalue weighted by atomic mass is 10.1. The largest absolute Gasteiger partial charge is 0.496 e. The predicted molar refractivity (Wildman–Crippen MR) is 78.8 cm³/mol. The Bertz CT molecular complexity index is 693. The minimum absolute atomic E-state index is 0.0388. The molecule has 1 aromatic rings. The predicted octanol–water partition coefficient (Wildman–Crippen LogP) is 2.00. The van der Waals surface area contributed by atoms with Crippen LogP contribution in [0.3, 0.4) is 0 Å². The molecule has 0 fully saturated rings. The van der Waals surface area contributed by atoms with E-state index in [9.17, 15) is 9.59 Å². The number of nitriles is 1. The van der Waals surface area contributed by atoms with Crippen molar-refractivity contribution in [2.75, 3.05) is 20.3 Å². The van der Waals surface area contributed by atoms with Crippen molar-refractivity contribution in [1.82, 2.24) is 0 Å². The van der Waals surface area contributed by atoms with Gasteiger partial charge in [-0.1, -0.05) is 0 Å². The fourth-order valence-electron chi connectivity index (χ4n) is 1.62. The maximum Gasteiger partial charge on any atom is 0.342 e. The number of ketones is 1. The summed E-state index contributed by atoms with van der Waals surface area (Å²) in [5.74, 6) is -0.881. The highest BCUT2D eigenvalue weighted by Crippen LogP contribution is 2.23. The van der Waals surface area contributed by atoms with Crippen LogP contribution in [0.25, 0.3) is 10.9 Å². The standard InChI is InChI=1S/C16H14N2O4/c1-11(19)14(16(20)22-7-6-18-2)9-13-5-4-12(10-17)8-15(13)21-3/h4-5,8-9H,6-7H2,1,3H3. The summed E-state index contributed by atoms with van der Waals surface area (Å²) < 4.78 is 10.0. The first kappa shape index (κ1) is 16.9. The normalized spacial score (nSPS) is 10.3. The van der Waals surface area contributed by atoms with E-state index < -0.39 is 11.8 Å². The number of Topliss-reactive ketones (excluding diaryl/α,β-unsaturated/α-hetero) is 1. The van der Waals surface area contributed by atoms with E-state index in [-0.39, 0.29) is 18.7 Å².